The van der Waals surface area contributed by atoms with E-state index in [0.29, 0.717) is 50.7 Å². The van der Waals surface area contributed by atoms with Crippen molar-refractivity contribution >= 4 is 19.4 Å². The minimum atomic E-state index is -0.181. The van der Waals surface area contributed by atoms with Crippen molar-refractivity contribution in [2.75, 3.05) is 6.61 Å². The van der Waals surface area contributed by atoms with Gasteiger partial charge in [0.2, 0.25) is 0 Å². The zero-order chi connectivity index (χ0) is 16.1. The number of nitrogens with zero attached hydrogens (tertiary/aromatic N) is 1. The van der Waals surface area contributed by atoms with E-state index in [-0.39, 0.29) is 19.3 Å². The van der Waals surface area contributed by atoms with Gasteiger partial charge in [-0.2, -0.15) is 0 Å². The van der Waals surface area contributed by atoms with Crippen LogP contribution in [-0.4, -0.2) is 42.9 Å². The Morgan fingerprint density at radius 2 is 2.00 bits per heavy atom. The number of aliphatic hydroxyl groups excluding tert-OH is 2. The summed E-state index contributed by atoms with van der Waals surface area (Å²) in [7, 11) is 0. The van der Waals surface area contributed by atoms with Gasteiger partial charge in [0.1, 0.15) is 0 Å². The van der Waals surface area contributed by atoms with Gasteiger partial charge in [-0.3, -0.25) is 0 Å². The van der Waals surface area contributed by atoms with Gasteiger partial charge in [-0.1, -0.05) is 0 Å². The van der Waals surface area contributed by atoms with Crippen LogP contribution in [0.15, 0.2) is 36.5 Å². The van der Waals surface area contributed by atoms with E-state index in [1.54, 1.807) is 6.20 Å². The average Bonchev–Trinajstić information content (AvgIpc) is 2.82. The fourth-order valence-electron chi connectivity index (χ4n) is 2.42. The molecule has 0 saturated heterocycles. The number of ether oxygens (including phenoxy) is 2. The number of hydrogen-bond acceptors (Lipinski definition) is 5. The molecule has 0 aliphatic carbocycles. The molecule has 0 spiro atoms. The number of fused-ring (bicyclic) bond motifs is 1. The second-order valence-corrected chi connectivity index (χ2v) is 7.52. The molecule has 2 N–H and O–H groups in total. The Morgan fingerprint density at radius 1 is 1.17 bits per heavy atom. The van der Waals surface area contributed by atoms with Gasteiger partial charge in [-0.25, -0.2) is 0 Å². The zero-order valence-electron chi connectivity index (χ0n) is 12.6. The molecule has 0 bridgehead atoms. The normalized spacial score (nSPS) is 17.2. The Labute approximate surface area is 141 Å². The van der Waals surface area contributed by atoms with Gasteiger partial charge in [0, 0.05) is 0 Å². The molecule has 3 rings (SSSR count). The minimum absolute atomic E-state index is 0.00789. The summed E-state index contributed by atoms with van der Waals surface area (Å²) in [6.07, 6.45) is 1.58. The van der Waals surface area contributed by atoms with Gasteiger partial charge in [0.05, 0.1) is 0 Å². The summed E-state index contributed by atoms with van der Waals surface area (Å²) in [5.41, 5.74) is 1.88. The Morgan fingerprint density at radius 3 is 2.74 bits per heavy atom. The van der Waals surface area contributed by atoms with Crippen LogP contribution < -0.4 is 9.20 Å². The molecule has 122 valence electrons. The summed E-state index contributed by atoms with van der Waals surface area (Å²) in [5, 5.41) is 19.8. The molecule has 0 fully saturated rings. The SMILES string of the molecule is OCc1cnc2c(c1CO)OCC(C[Se]c1ccccc1)OC2. The van der Waals surface area contributed by atoms with E-state index in [4.69, 9.17) is 9.47 Å². The van der Waals surface area contributed by atoms with Gasteiger partial charge in [0.15, 0.2) is 0 Å². The summed E-state index contributed by atoms with van der Waals surface area (Å²) in [4.78, 5) is 4.30. The van der Waals surface area contributed by atoms with Crippen molar-refractivity contribution in [3.8, 4) is 5.75 Å². The van der Waals surface area contributed by atoms with E-state index in [1.165, 1.54) is 4.46 Å². The number of aliphatic hydroxyl groups is 2. The van der Waals surface area contributed by atoms with Gasteiger partial charge in [0.25, 0.3) is 0 Å². The average molecular weight is 380 g/mol. The van der Waals surface area contributed by atoms with Crippen LogP contribution in [0, 0.1) is 0 Å². The van der Waals surface area contributed by atoms with Gasteiger partial charge in [-0.05, 0) is 0 Å². The first kappa shape index (κ1) is 16.4. The molecular formula is C17H19NO4Se. The van der Waals surface area contributed by atoms with Crippen molar-refractivity contribution in [3.05, 3.63) is 53.3 Å². The number of aromatic nitrogens is 1. The Hall–Kier alpha value is -1.43. The summed E-state index contributed by atoms with van der Waals surface area (Å²) < 4.78 is 13.1. The first-order valence-corrected chi connectivity index (χ1v) is 9.52. The van der Waals surface area contributed by atoms with Gasteiger partial charge >= 0.3 is 141 Å². The van der Waals surface area contributed by atoms with E-state index in [0.717, 1.165) is 5.32 Å². The van der Waals surface area contributed by atoms with Crippen molar-refractivity contribution in [2.24, 2.45) is 0 Å². The predicted octanol–water partition coefficient (Wildman–Crippen LogP) is 0.792. The third-order valence-electron chi connectivity index (χ3n) is 3.68. The van der Waals surface area contributed by atoms with E-state index in [1.807, 2.05) is 18.2 Å². The first-order valence-electron chi connectivity index (χ1n) is 7.45. The van der Waals surface area contributed by atoms with Gasteiger partial charge in [-0.15, -0.1) is 0 Å². The van der Waals surface area contributed by atoms with Crippen LogP contribution in [0.5, 0.6) is 5.75 Å². The van der Waals surface area contributed by atoms with Crippen LogP contribution in [0.2, 0.25) is 5.32 Å². The number of rotatable bonds is 5. The summed E-state index contributed by atoms with van der Waals surface area (Å²) >= 11 is 0.329. The second kappa shape index (κ2) is 7.90. The Bertz CT molecular complexity index is 651. The Kier molecular flexibility index (Phi) is 5.65. The summed E-state index contributed by atoms with van der Waals surface area (Å²) in [6.45, 7) is 0.453. The molecule has 0 amide bonds. The third-order valence-corrected chi connectivity index (χ3v) is 6.08. The molecule has 2 heterocycles. The maximum absolute atomic E-state index is 9.56. The monoisotopic (exact) mass is 381 g/mol. The van der Waals surface area contributed by atoms with Crippen molar-refractivity contribution in [3.63, 3.8) is 0 Å². The van der Waals surface area contributed by atoms with Gasteiger partial charge < -0.3 is 0 Å². The molecule has 0 radical (unpaired) electrons. The Balaban J connectivity index is 1.68. The fourth-order valence-corrected chi connectivity index (χ4v) is 4.35. The topological polar surface area (TPSA) is 71.8 Å². The van der Waals surface area contributed by atoms with Crippen molar-refractivity contribution in [1.82, 2.24) is 4.98 Å². The molecule has 6 heteroatoms. The standard InChI is InChI=1S/C17H19NO4Se/c19-7-12-6-18-16-10-21-13(9-22-17(16)15(12)8-20)11-23-14-4-2-1-3-5-14/h1-6,13,19-20H,7-11H2. The quantitative estimate of drug-likeness (QED) is 0.751. The summed E-state index contributed by atoms with van der Waals surface area (Å²) in [6, 6.07) is 10.4. The molecular weight excluding hydrogens is 361 g/mol. The van der Waals surface area contributed by atoms with Crippen LogP contribution in [0.4, 0.5) is 0 Å². The van der Waals surface area contributed by atoms with Crippen LogP contribution in [0.1, 0.15) is 16.8 Å². The fraction of sp³-hybridized carbons (Fsp3) is 0.353. The molecule has 1 aromatic carbocycles. The molecule has 2 aromatic rings. The number of benzene rings is 1. The van der Waals surface area contributed by atoms with Crippen LogP contribution in [0.3, 0.4) is 0 Å². The molecule has 1 aliphatic rings. The number of hydrogen-bond donors (Lipinski definition) is 2. The molecule has 1 aliphatic heterocycles. The zero-order valence-corrected chi connectivity index (χ0v) is 14.4. The van der Waals surface area contributed by atoms with Crippen molar-refractivity contribution < 1.29 is 19.7 Å². The van der Waals surface area contributed by atoms with Crippen LogP contribution >= 0.6 is 0 Å². The van der Waals surface area contributed by atoms with E-state index < -0.39 is 0 Å². The molecule has 0 saturated carbocycles. The van der Waals surface area contributed by atoms with Crippen molar-refractivity contribution in [2.45, 2.75) is 31.2 Å². The first-order chi connectivity index (χ1) is 11.3. The van der Waals surface area contributed by atoms with Crippen molar-refractivity contribution in [1.29, 1.82) is 0 Å². The third kappa shape index (κ3) is 3.91. The molecule has 1 unspecified atom stereocenters. The number of pyridine rings is 1. The molecule has 23 heavy (non-hydrogen) atoms. The van der Waals surface area contributed by atoms with Crippen LogP contribution in [0.25, 0.3) is 0 Å². The molecule has 1 aromatic heterocycles. The predicted molar refractivity (Wildman–Crippen MR) is 86.8 cm³/mol. The van der Waals surface area contributed by atoms with E-state index >= 15 is 0 Å². The molecule has 5 nitrogen and oxygen atoms in total. The van der Waals surface area contributed by atoms with Crippen LogP contribution in [-0.2, 0) is 24.6 Å². The maximum atomic E-state index is 9.56. The molecule has 1 atom stereocenters. The second-order valence-electron chi connectivity index (χ2n) is 5.22. The summed E-state index contributed by atoms with van der Waals surface area (Å²) in [5.74, 6) is 0.564. The van der Waals surface area contributed by atoms with E-state index in [9.17, 15) is 10.2 Å². The van der Waals surface area contributed by atoms with E-state index in [2.05, 4.69) is 17.1 Å².